The molecule has 4 rings (SSSR count). The Kier molecular flexibility index (Phi) is 6.61. The molecular formula is C22H27N7O2S. The number of hydrogen-bond donors (Lipinski definition) is 4. The van der Waals surface area contributed by atoms with Gasteiger partial charge in [0.2, 0.25) is 5.91 Å². The number of aliphatic hydroxyl groups excluding tert-OH is 1. The minimum absolute atomic E-state index is 0.104. The molecule has 1 aliphatic rings. The highest BCUT2D eigenvalue weighted by Crippen LogP contribution is 2.33. The number of piperidine rings is 1. The van der Waals surface area contributed by atoms with Crippen LogP contribution in [0.5, 0.6) is 0 Å². The maximum absolute atomic E-state index is 11.2. The number of aryl methyl sites for hydroxylation is 1. The van der Waals surface area contributed by atoms with Crippen LogP contribution in [-0.4, -0.2) is 50.4 Å². The Morgan fingerprint density at radius 1 is 1.19 bits per heavy atom. The van der Waals surface area contributed by atoms with Gasteiger partial charge in [0.1, 0.15) is 11.6 Å². The van der Waals surface area contributed by atoms with E-state index in [1.807, 2.05) is 44.2 Å². The molecule has 0 radical (unpaired) electrons. The van der Waals surface area contributed by atoms with E-state index in [1.165, 1.54) is 18.7 Å². The van der Waals surface area contributed by atoms with Crippen LogP contribution < -0.4 is 15.5 Å². The number of aromatic nitrogens is 4. The van der Waals surface area contributed by atoms with Crippen molar-refractivity contribution >= 4 is 40.8 Å². The molecule has 0 saturated carbocycles. The highest BCUT2D eigenvalue weighted by atomic mass is 32.2. The number of aliphatic hydroxyl groups is 1. The molecule has 0 bridgehead atoms. The first-order valence-electron chi connectivity index (χ1n) is 10.5. The van der Waals surface area contributed by atoms with Crippen LogP contribution in [-0.2, 0) is 4.79 Å². The fraction of sp³-hybridized carbons (Fsp3) is 0.364. The van der Waals surface area contributed by atoms with Crippen LogP contribution in [0.2, 0.25) is 0 Å². The van der Waals surface area contributed by atoms with Gasteiger partial charge in [0.25, 0.3) is 0 Å². The highest BCUT2D eigenvalue weighted by molar-refractivity contribution is 7.99. The van der Waals surface area contributed by atoms with Crippen molar-refractivity contribution in [2.24, 2.45) is 0 Å². The standard InChI is InChI=1S/C22H27N7O2S/c1-13-12-19(28-27-13)24-20-14(2)21(29-10-8-17(31)9-11-29)26-22(25-20)32-18-6-4-16(5-7-18)23-15(3)30/h4-7,12,17,31H,8-11H2,1-3H3,(H,23,30)(H2,24,25,26,27,28). The summed E-state index contributed by atoms with van der Waals surface area (Å²) in [4.78, 5) is 24.0. The van der Waals surface area contributed by atoms with E-state index >= 15 is 0 Å². The number of hydrogen-bond acceptors (Lipinski definition) is 8. The summed E-state index contributed by atoms with van der Waals surface area (Å²) in [6.07, 6.45) is 1.18. The van der Waals surface area contributed by atoms with Gasteiger partial charge < -0.3 is 20.6 Å². The molecule has 3 heterocycles. The molecule has 4 N–H and O–H groups in total. The van der Waals surface area contributed by atoms with E-state index in [9.17, 15) is 9.90 Å². The lowest BCUT2D eigenvalue weighted by Gasteiger charge is -2.32. The zero-order chi connectivity index (χ0) is 22.7. The normalized spacial score (nSPS) is 14.4. The lowest BCUT2D eigenvalue weighted by Crippen LogP contribution is -2.37. The van der Waals surface area contributed by atoms with Crippen molar-refractivity contribution in [2.45, 2.75) is 49.8 Å². The van der Waals surface area contributed by atoms with E-state index in [4.69, 9.17) is 9.97 Å². The number of benzene rings is 1. The zero-order valence-electron chi connectivity index (χ0n) is 18.3. The Morgan fingerprint density at radius 2 is 1.91 bits per heavy atom. The smallest absolute Gasteiger partial charge is 0.221 e. The van der Waals surface area contributed by atoms with E-state index in [0.717, 1.165) is 53.6 Å². The molecule has 2 aromatic heterocycles. The average molecular weight is 454 g/mol. The first-order valence-corrected chi connectivity index (χ1v) is 11.3. The van der Waals surface area contributed by atoms with Gasteiger partial charge in [-0.2, -0.15) is 5.10 Å². The number of aromatic amines is 1. The fourth-order valence-corrected chi connectivity index (χ4v) is 4.31. The highest BCUT2D eigenvalue weighted by Gasteiger charge is 2.23. The monoisotopic (exact) mass is 453 g/mol. The summed E-state index contributed by atoms with van der Waals surface area (Å²) in [5, 5.41) is 23.8. The third-order valence-corrected chi connectivity index (χ3v) is 6.07. The Hall–Kier alpha value is -3.11. The summed E-state index contributed by atoms with van der Waals surface area (Å²) in [5.74, 6) is 2.15. The third kappa shape index (κ3) is 5.38. The maximum Gasteiger partial charge on any atom is 0.221 e. The van der Waals surface area contributed by atoms with Gasteiger partial charge in [0.15, 0.2) is 11.0 Å². The van der Waals surface area contributed by atoms with Crippen molar-refractivity contribution in [3.63, 3.8) is 0 Å². The molecule has 168 valence electrons. The summed E-state index contributed by atoms with van der Waals surface area (Å²) < 4.78 is 0. The van der Waals surface area contributed by atoms with Crippen LogP contribution in [0.4, 0.5) is 23.1 Å². The lowest BCUT2D eigenvalue weighted by molar-refractivity contribution is -0.114. The van der Waals surface area contributed by atoms with Crippen molar-refractivity contribution in [1.82, 2.24) is 20.2 Å². The summed E-state index contributed by atoms with van der Waals surface area (Å²) in [6.45, 7) is 6.92. The molecule has 3 aromatic rings. The minimum atomic E-state index is -0.256. The van der Waals surface area contributed by atoms with E-state index in [2.05, 4.69) is 25.7 Å². The number of amides is 1. The number of carbonyl (C=O) groups is 1. The molecule has 1 saturated heterocycles. The SMILES string of the molecule is CC(=O)Nc1ccc(Sc2nc(Nc3cc(C)[nH]n3)c(C)c(N3CCC(O)CC3)n2)cc1. The predicted molar refractivity (Wildman–Crippen MR) is 126 cm³/mol. The molecule has 32 heavy (non-hydrogen) atoms. The second-order valence-corrected chi connectivity index (χ2v) is 8.93. The number of nitrogens with one attached hydrogen (secondary N) is 3. The van der Waals surface area contributed by atoms with Gasteiger partial charge in [-0.25, -0.2) is 9.97 Å². The Morgan fingerprint density at radius 3 is 2.53 bits per heavy atom. The van der Waals surface area contributed by atoms with Gasteiger partial charge >= 0.3 is 0 Å². The molecular weight excluding hydrogens is 426 g/mol. The van der Waals surface area contributed by atoms with Gasteiger partial charge in [0, 0.05) is 47.9 Å². The first-order chi connectivity index (χ1) is 15.4. The molecule has 1 aliphatic heterocycles. The number of nitrogens with zero attached hydrogens (tertiary/aromatic N) is 4. The van der Waals surface area contributed by atoms with Crippen LogP contribution in [0.3, 0.4) is 0 Å². The molecule has 10 heteroatoms. The largest absolute Gasteiger partial charge is 0.393 e. The van der Waals surface area contributed by atoms with E-state index < -0.39 is 0 Å². The van der Waals surface area contributed by atoms with Crippen LogP contribution in [0.25, 0.3) is 0 Å². The lowest BCUT2D eigenvalue weighted by atomic mass is 10.1. The van der Waals surface area contributed by atoms with Crippen LogP contribution in [0.15, 0.2) is 40.4 Å². The van der Waals surface area contributed by atoms with Gasteiger partial charge in [-0.3, -0.25) is 9.89 Å². The van der Waals surface area contributed by atoms with E-state index in [0.29, 0.717) is 16.8 Å². The molecule has 0 spiro atoms. The molecule has 1 aromatic carbocycles. The fourth-order valence-electron chi connectivity index (χ4n) is 3.56. The topological polar surface area (TPSA) is 119 Å². The number of anilines is 4. The Bertz CT molecular complexity index is 1090. The van der Waals surface area contributed by atoms with Crippen LogP contribution in [0.1, 0.15) is 31.0 Å². The Labute approximate surface area is 191 Å². The van der Waals surface area contributed by atoms with Crippen molar-refractivity contribution in [1.29, 1.82) is 0 Å². The average Bonchev–Trinajstić information content (AvgIpc) is 3.16. The summed E-state index contributed by atoms with van der Waals surface area (Å²) >= 11 is 1.45. The molecule has 1 amide bonds. The third-order valence-electron chi connectivity index (χ3n) is 5.20. The van der Waals surface area contributed by atoms with Crippen LogP contribution in [0, 0.1) is 13.8 Å². The molecule has 1 fully saturated rings. The summed E-state index contributed by atoms with van der Waals surface area (Å²) in [5.41, 5.74) is 2.64. The second-order valence-electron chi connectivity index (χ2n) is 7.89. The summed E-state index contributed by atoms with van der Waals surface area (Å²) in [6, 6.07) is 9.50. The molecule has 9 nitrogen and oxygen atoms in total. The maximum atomic E-state index is 11.2. The van der Waals surface area contributed by atoms with Crippen LogP contribution >= 0.6 is 11.8 Å². The molecule has 0 aliphatic carbocycles. The van der Waals surface area contributed by atoms with Gasteiger partial charge in [-0.15, -0.1) is 0 Å². The Balaban J connectivity index is 1.63. The summed E-state index contributed by atoms with van der Waals surface area (Å²) in [7, 11) is 0. The zero-order valence-corrected chi connectivity index (χ0v) is 19.2. The first kappa shape index (κ1) is 22.1. The second kappa shape index (κ2) is 9.58. The number of rotatable bonds is 6. The number of carbonyl (C=O) groups excluding carboxylic acids is 1. The minimum Gasteiger partial charge on any atom is -0.393 e. The molecule has 0 unspecified atom stereocenters. The van der Waals surface area contributed by atoms with Crippen molar-refractivity contribution in [3.8, 4) is 0 Å². The van der Waals surface area contributed by atoms with Gasteiger partial charge in [-0.1, -0.05) is 0 Å². The number of H-pyrrole nitrogens is 1. The van der Waals surface area contributed by atoms with Gasteiger partial charge in [0.05, 0.1) is 6.10 Å². The van der Waals surface area contributed by atoms with Gasteiger partial charge in [-0.05, 0) is 62.7 Å². The predicted octanol–water partition coefficient (Wildman–Crippen LogP) is 3.63. The van der Waals surface area contributed by atoms with Crippen molar-refractivity contribution < 1.29 is 9.90 Å². The quantitative estimate of drug-likeness (QED) is 0.418. The van der Waals surface area contributed by atoms with Crippen molar-refractivity contribution in [3.05, 3.63) is 41.6 Å². The van der Waals surface area contributed by atoms with E-state index in [-0.39, 0.29) is 12.0 Å². The van der Waals surface area contributed by atoms with E-state index in [1.54, 1.807) is 0 Å². The molecule has 0 atom stereocenters. The van der Waals surface area contributed by atoms with Crippen molar-refractivity contribution in [2.75, 3.05) is 28.6 Å².